The quantitative estimate of drug-likeness (QED) is 0.0699. The van der Waals surface area contributed by atoms with E-state index in [1.54, 1.807) is 24.3 Å². The summed E-state index contributed by atoms with van der Waals surface area (Å²) >= 11 is 1.42. The topological polar surface area (TPSA) is 173 Å². The highest BCUT2D eigenvalue weighted by Gasteiger charge is 2.43. The van der Waals surface area contributed by atoms with Crippen LogP contribution in [0.2, 0.25) is 0 Å². The molecule has 7 rings (SSSR count). The summed E-state index contributed by atoms with van der Waals surface area (Å²) in [5, 5.41) is 14.6. The minimum absolute atomic E-state index is 0.0401. The number of morpholine rings is 1. The third kappa shape index (κ3) is 13.6. The van der Waals surface area contributed by atoms with Crippen LogP contribution < -0.4 is 30.9 Å². The second kappa shape index (κ2) is 25.9. The highest BCUT2D eigenvalue weighted by atomic mass is 32.1. The third-order valence-corrected chi connectivity index (χ3v) is 14.0. The molecule has 4 atom stereocenters. The van der Waals surface area contributed by atoms with Gasteiger partial charge in [0.2, 0.25) is 29.4 Å². The van der Waals surface area contributed by atoms with Gasteiger partial charge in [-0.25, -0.2) is 9.37 Å². The molecule has 2 saturated heterocycles. The van der Waals surface area contributed by atoms with Crippen LogP contribution in [0.25, 0.3) is 11.3 Å². The minimum atomic E-state index is -1.10. The maximum absolute atomic E-state index is 15.0. The van der Waals surface area contributed by atoms with E-state index in [1.807, 2.05) is 60.7 Å². The molecule has 4 unspecified atom stereocenters. The average Bonchev–Trinajstić information content (AvgIpc) is 4.10. The van der Waals surface area contributed by atoms with E-state index < -0.39 is 53.5 Å². The van der Waals surface area contributed by atoms with Gasteiger partial charge in [0.15, 0.2) is 16.7 Å². The van der Waals surface area contributed by atoms with Gasteiger partial charge < -0.3 is 50.0 Å². The van der Waals surface area contributed by atoms with E-state index in [4.69, 9.17) is 18.9 Å². The van der Waals surface area contributed by atoms with Gasteiger partial charge >= 0.3 is 0 Å². The van der Waals surface area contributed by atoms with Crippen LogP contribution in [0.5, 0.6) is 5.75 Å². The van der Waals surface area contributed by atoms with Crippen molar-refractivity contribution in [1.82, 2.24) is 31.2 Å². The van der Waals surface area contributed by atoms with Gasteiger partial charge in [-0.15, -0.1) is 11.3 Å². The van der Waals surface area contributed by atoms with Gasteiger partial charge in [0.25, 0.3) is 0 Å². The van der Waals surface area contributed by atoms with Crippen LogP contribution in [0, 0.1) is 17.6 Å². The normalized spacial score (nSPS) is 17.8. The zero-order chi connectivity index (χ0) is 48.5. The molecule has 3 heterocycles. The van der Waals surface area contributed by atoms with Crippen molar-refractivity contribution in [1.29, 1.82) is 0 Å². The van der Waals surface area contributed by atoms with Crippen LogP contribution in [-0.4, -0.2) is 137 Å². The molecule has 3 fully saturated rings. The van der Waals surface area contributed by atoms with Gasteiger partial charge in [0.05, 0.1) is 51.4 Å². The van der Waals surface area contributed by atoms with Crippen molar-refractivity contribution in [2.24, 2.45) is 5.92 Å². The summed E-state index contributed by atoms with van der Waals surface area (Å²) < 4.78 is 51.9. The van der Waals surface area contributed by atoms with Crippen LogP contribution in [0.4, 0.5) is 13.9 Å². The SMILES string of the molecule is CNC(C)C(=O)NC(C(=O)N1CCCC1C(=O)NC(C(=O)NCCOCCOCCOc1c(-c2csc(N3CCOCC3)n2)ccc(F)c1F)C(c1ccccc1)c1ccccc1)C1CCCCC1. The van der Waals surface area contributed by atoms with Crippen molar-refractivity contribution >= 4 is 40.1 Å². The molecule has 3 aliphatic rings. The number of carbonyl (C=O) groups is 4. The summed E-state index contributed by atoms with van der Waals surface area (Å²) in [6, 6.07) is 18.4. The number of rotatable bonds is 23. The smallest absolute Gasteiger partial charge is 0.246 e. The zero-order valence-corrected chi connectivity index (χ0v) is 40.3. The van der Waals surface area contributed by atoms with Crippen LogP contribution in [0.3, 0.4) is 0 Å². The Labute approximate surface area is 407 Å². The fraction of sp³-hybridized carbons (Fsp3) is 0.510. The van der Waals surface area contributed by atoms with Gasteiger partial charge in [-0.3, -0.25) is 19.2 Å². The Morgan fingerprint density at radius 1 is 0.797 bits per heavy atom. The minimum Gasteiger partial charge on any atom is -0.487 e. The maximum Gasteiger partial charge on any atom is 0.246 e. The van der Waals surface area contributed by atoms with Gasteiger partial charge in [-0.1, -0.05) is 79.9 Å². The molecule has 1 saturated carbocycles. The summed E-state index contributed by atoms with van der Waals surface area (Å²) in [6.45, 7) is 5.31. The Morgan fingerprint density at radius 2 is 1.46 bits per heavy atom. The summed E-state index contributed by atoms with van der Waals surface area (Å²) in [5.41, 5.74) is 2.45. The van der Waals surface area contributed by atoms with Crippen LogP contribution in [0.15, 0.2) is 78.2 Å². The van der Waals surface area contributed by atoms with Crippen LogP contribution in [0.1, 0.15) is 68.9 Å². The molecular weight excluding hydrogens is 909 g/mol. The van der Waals surface area contributed by atoms with E-state index in [-0.39, 0.29) is 63.1 Å². The number of thiazole rings is 1. The molecule has 4 aromatic rings. The summed E-state index contributed by atoms with van der Waals surface area (Å²) in [6.07, 6.45) is 5.66. The van der Waals surface area contributed by atoms with Crippen molar-refractivity contribution in [3.05, 3.63) is 101 Å². The Hall–Kier alpha value is -5.53. The largest absolute Gasteiger partial charge is 0.487 e. The number of hydrogen-bond acceptors (Lipinski definition) is 12. The van der Waals surface area contributed by atoms with Gasteiger partial charge in [-0.05, 0) is 68.8 Å². The maximum atomic E-state index is 15.0. The van der Waals surface area contributed by atoms with E-state index in [9.17, 15) is 23.6 Å². The molecule has 1 aromatic heterocycles. The van der Waals surface area contributed by atoms with Crippen molar-refractivity contribution in [2.75, 3.05) is 84.4 Å². The lowest BCUT2D eigenvalue weighted by molar-refractivity contribution is -0.143. The van der Waals surface area contributed by atoms with Crippen molar-refractivity contribution in [2.45, 2.75) is 82.0 Å². The van der Waals surface area contributed by atoms with Crippen LogP contribution in [-0.2, 0) is 33.4 Å². The first kappa shape index (κ1) is 51.3. The zero-order valence-electron chi connectivity index (χ0n) is 39.5. The second-order valence-electron chi connectivity index (χ2n) is 17.6. The molecular formula is C51H65F2N7O8S. The predicted octanol–water partition coefficient (Wildman–Crippen LogP) is 5.43. The molecule has 18 heteroatoms. The summed E-state index contributed by atoms with van der Waals surface area (Å²) in [4.78, 5) is 64.8. The number of benzene rings is 3. The number of nitrogens with one attached hydrogen (secondary N) is 4. The lowest BCUT2D eigenvalue weighted by atomic mass is 9.83. The third-order valence-electron chi connectivity index (χ3n) is 13.1. The van der Waals surface area contributed by atoms with E-state index in [0.29, 0.717) is 56.9 Å². The Morgan fingerprint density at radius 3 is 2.14 bits per heavy atom. The first-order chi connectivity index (χ1) is 33.6. The number of halogens is 2. The highest BCUT2D eigenvalue weighted by Crippen LogP contribution is 2.37. The number of aromatic nitrogens is 1. The van der Waals surface area contributed by atoms with Crippen LogP contribution >= 0.6 is 11.3 Å². The molecule has 0 radical (unpaired) electrons. The number of nitrogens with zero attached hydrogens (tertiary/aromatic N) is 3. The van der Waals surface area contributed by atoms with E-state index in [0.717, 1.165) is 54.4 Å². The number of hydrogen-bond donors (Lipinski definition) is 4. The lowest BCUT2D eigenvalue weighted by Crippen LogP contribution is -2.59. The molecule has 1 aliphatic carbocycles. The molecule has 4 N–H and O–H groups in total. The highest BCUT2D eigenvalue weighted by molar-refractivity contribution is 7.14. The van der Waals surface area contributed by atoms with E-state index >= 15 is 4.39 Å². The number of amides is 4. The van der Waals surface area contributed by atoms with E-state index in [2.05, 4.69) is 31.2 Å². The van der Waals surface area contributed by atoms with Crippen molar-refractivity contribution in [3.8, 4) is 17.0 Å². The van der Waals surface area contributed by atoms with E-state index in [1.165, 1.54) is 17.4 Å². The number of carbonyl (C=O) groups excluding carboxylic acids is 4. The lowest BCUT2D eigenvalue weighted by Gasteiger charge is -2.36. The first-order valence-corrected chi connectivity index (χ1v) is 25.0. The molecule has 0 bridgehead atoms. The van der Waals surface area contributed by atoms with Crippen molar-refractivity contribution in [3.63, 3.8) is 0 Å². The standard InChI is InChI=1S/C51H65F2N7O8S/c1-34(54-2)47(61)57-44(37-17-10-5-11-18-37)50(64)60-23-12-19-41(60)48(62)58-45(42(35-13-6-3-7-14-35)36-15-8-4-9-16-36)49(63)55-22-26-65-29-30-67-31-32-68-46-38(20-21-39(52)43(46)53)40-33-69-51(56-40)59-24-27-66-28-25-59/h3-4,6-9,13-16,20-21,33-34,37,41-42,44-45,54H,5,10-12,17-19,22-32H2,1-2H3,(H,55,63)(H,57,61)(H,58,62). The number of likely N-dealkylation sites (tertiary alicyclic amines) is 1. The summed E-state index contributed by atoms with van der Waals surface area (Å²) in [7, 11) is 1.69. The summed E-state index contributed by atoms with van der Waals surface area (Å²) in [5.74, 6) is -4.40. The number of likely N-dealkylation sites (N-methyl/N-ethyl adjacent to an activating group) is 1. The number of anilines is 1. The fourth-order valence-corrected chi connectivity index (χ4v) is 10.1. The first-order valence-electron chi connectivity index (χ1n) is 24.2. The second-order valence-corrected chi connectivity index (χ2v) is 18.4. The Kier molecular flexibility index (Phi) is 19.3. The van der Waals surface area contributed by atoms with Gasteiger partial charge in [0.1, 0.15) is 24.7 Å². The van der Waals surface area contributed by atoms with Gasteiger partial charge in [-0.2, -0.15) is 4.39 Å². The predicted molar refractivity (Wildman–Crippen MR) is 259 cm³/mol. The Bertz CT molecular complexity index is 2240. The average molecular weight is 974 g/mol. The number of ether oxygens (including phenoxy) is 4. The molecule has 2 aliphatic heterocycles. The fourth-order valence-electron chi connectivity index (χ4n) is 9.23. The van der Waals surface area contributed by atoms with Crippen molar-refractivity contribution < 1.29 is 46.9 Å². The molecule has 4 amide bonds. The molecule has 3 aromatic carbocycles. The molecule has 0 spiro atoms. The Balaban J connectivity index is 0.941. The molecule has 372 valence electrons. The molecule has 15 nitrogen and oxygen atoms in total. The monoisotopic (exact) mass is 973 g/mol. The molecule has 69 heavy (non-hydrogen) atoms. The van der Waals surface area contributed by atoms with Gasteiger partial charge in [0, 0.05) is 43.0 Å².